The van der Waals surface area contributed by atoms with Crippen LogP contribution < -0.4 is 9.47 Å². The van der Waals surface area contributed by atoms with Crippen LogP contribution in [0.3, 0.4) is 0 Å². The van der Waals surface area contributed by atoms with E-state index in [9.17, 15) is 4.79 Å². The highest BCUT2D eigenvalue weighted by Gasteiger charge is 2.21. The summed E-state index contributed by atoms with van der Waals surface area (Å²) in [7, 11) is 2.83. The fraction of sp³-hybridized carbons (Fsp3) is 0.222. The third kappa shape index (κ3) is 2.30. The van der Waals surface area contributed by atoms with Crippen LogP contribution in [0.4, 0.5) is 0 Å². The molecule has 0 unspecified atom stereocenters. The first-order valence-electron chi connectivity index (χ1n) is 3.82. The van der Waals surface area contributed by atoms with Gasteiger partial charge in [0.05, 0.1) is 29.8 Å². The molecule has 0 aliphatic carbocycles. The third-order valence-electron chi connectivity index (χ3n) is 1.77. The lowest BCUT2D eigenvalue weighted by atomic mass is 10.2. The zero-order chi connectivity index (χ0) is 11.6. The number of ether oxygens (including phenoxy) is 2. The SMILES string of the molecule is COc1cc(OC)c(Cl)c(C(=O)Cl)c1Cl. The molecule has 0 aliphatic rings. The van der Waals surface area contributed by atoms with Gasteiger partial charge in [-0.1, -0.05) is 23.2 Å². The third-order valence-corrected chi connectivity index (χ3v) is 2.71. The molecule has 0 N–H and O–H groups in total. The fourth-order valence-corrected chi connectivity index (χ4v) is 2.02. The zero-order valence-corrected chi connectivity index (χ0v) is 10.2. The highest BCUT2D eigenvalue weighted by molar-refractivity contribution is 6.70. The number of methoxy groups -OCH3 is 2. The van der Waals surface area contributed by atoms with Gasteiger partial charge in [-0.25, -0.2) is 0 Å². The van der Waals surface area contributed by atoms with Crippen LogP contribution in [0.15, 0.2) is 6.07 Å². The Bertz CT molecular complexity index is 376. The molecule has 0 spiro atoms. The number of hydrogen-bond acceptors (Lipinski definition) is 3. The molecule has 0 radical (unpaired) electrons. The summed E-state index contributed by atoms with van der Waals surface area (Å²) in [5.74, 6) is 0.559. The van der Waals surface area contributed by atoms with Gasteiger partial charge in [0.25, 0.3) is 5.24 Å². The lowest BCUT2D eigenvalue weighted by Gasteiger charge is -2.11. The van der Waals surface area contributed by atoms with Crippen molar-refractivity contribution >= 4 is 40.0 Å². The number of rotatable bonds is 3. The van der Waals surface area contributed by atoms with Crippen LogP contribution in [0.25, 0.3) is 0 Å². The molecule has 0 amide bonds. The first kappa shape index (κ1) is 12.4. The van der Waals surface area contributed by atoms with E-state index in [1.165, 1.54) is 20.3 Å². The van der Waals surface area contributed by atoms with E-state index in [1.807, 2.05) is 0 Å². The van der Waals surface area contributed by atoms with Crippen LogP contribution in [-0.2, 0) is 0 Å². The molecule has 0 bridgehead atoms. The Hall–Kier alpha value is -0.640. The summed E-state index contributed by atoms with van der Waals surface area (Å²) in [6.07, 6.45) is 0. The molecule has 0 fully saturated rings. The summed E-state index contributed by atoms with van der Waals surface area (Å²) < 4.78 is 9.90. The van der Waals surface area contributed by atoms with Crippen molar-refractivity contribution in [3.05, 3.63) is 21.7 Å². The molecule has 1 aromatic rings. The lowest BCUT2D eigenvalue weighted by molar-refractivity contribution is 0.108. The minimum absolute atomic E-state index is 0.0174. The standard InChI is InChI=1S/C9H7Cl3O3/c1-14-4-3-5(15-2)8(11)6(7(4)10)9(12)13/h3H,1-2H3. The van der Waals surface area contributed by atoms with E-state index < -0.39 is 5.24 Å². The molecule has 0 saturated heterocycles. The molecule has 6 heteroatoms. The second-order valence-corrected chi connectivity index (χ2v) is 3.66. The number of halogens is 3. The van der Waals surface area contributed by atoms with Gasteiger partial charge in [-0.2, -0.15) is 0 Å². The predicted octanol–water partition coefficient (Wildman–Crippen LogP) is 3.39. The quantitative estimate of drug-likeness (QED) is 0.789. The summed E-state index contributed by atoms with van der Waals surface area (Å²) in [4.78, 5) is 11.1. The summed E-state index contributed by atoms with van der Waals surface area (Å²) in [5.41, 5.74) is -0.0174. The maximum Gasteiger partial charge on any atom is 0.255 e. The number of hydrogen-bond donors (Lipinski definition) is 0. The summed E-state index contributed by atoms with van der Waals surface area (Å²) in [5, 5.41) is -0.617. The normalized spacial score (nSPS) is 9.93. The van der Waals surface area contributed by atoms with E-state index in [0.717, 1.165) is 0 Å². The molecule has 1 rings (SSSR count). The number of carbonyl (C=O) groups is 1. The van der Waals surface area contributed by atoms with Gasteiger partial charge in [0.2, 0.25) is 0 Å². The molecule has 0 aliphatic heterocycles. The molecule has 0 atom stereocenters. The molecular formula is C9H7Cl3O3. The average molecular weight is 270 g/mol. The molecular weight excluding hydrogens is 262 g/mol. The van der Waals surface area contributed by atoms with E-state index in [4.69, 9.17) is 44.3 Å². The predicted molar refractivity (Wildman–Crippen MR) is 59.7 cm³/mol. The Morgan fingerprint density at radius 3 is 1.80 bits per heavy atom. The summed E-state index contributed by atoms with van der Waals surface area (Å²) in [6, 6.07) is 1.48. The molecule has 1 aromatic carbocycles. The van der Waals surface area contributed by atoms with Crippen LogP contribution >= 0.6 is 34.8 Å². The van der Waals surface area contributed by atoms with Crippen LogP contribution in [0, 0.1) is 0 Å². The maximum absolute atomic E-state index is 11.1. The van der Waals surface area contributed by atoms with Crippen molar-refractivity contribution in [1.82, 2.24) is 0 Å². The first-order valence-corrected chi connectivity index (χ1v) is 4.96. The van der Waals surface area contributed by atoms with Crippen molar-refractivity contribution in [3.8, 4) is 11.5 Å². The van der Waals surface area contributed by atoms with Crippen molar-refractivity contribution in [2.45, 2.75) is 0 Å². The maximum atomic E-state index is 11.1. The van der Waals surface area contributed by atoms with E-state index >= 15 is 0 Å². The summed E-state index contributed by atoms with van der Waals surface area (Å²) >= 11 is 17.1. The number of benzene rings is 1. The van der Waals surface area contributed by atoms with Crippen molar-refractivity contribution in [3.63, 3.8) is 0 Å². The van der Waals surface area contributed by atoms with Crippen molar-refractivity contribution in [2.24, 2.45) is 0 Å². The topological polar surface area (TPSA) is 35.5 Å². The zero-order valence-electron chi connectivity index (χ0n) is 7.94. The number of carbonyl (C=O) groups excluding carboxylic acids is 1. The fourth-order valence-electron chi connectivity index (χ4n) is 1.06. The van der Waals surface area contributed by atoms with Gasteiger partial charge in [-0.3, -0.25) is 4.79 Å². The molecule has 0 heterocycles. The Balaban J connectivity index is 3.53. The monoisotopic (exact) mass is 268 g/mol. The van der Waals surface area contributed by atoms with Gasteiger partial charge in [0, 0.05) is 6.07 Å². The van der Waals surface area contributed by atoms with Gasteiger partial charge in [-0.15, -0.1) is 0 Å². The molecule has 15 heavy (non-hydrogen) atoms. The van der Waals surface area contributed by atoms with E-state index in [0.29, 0.717) is 0 Å². The van der Waals surface area contributed by atoms with Crippen LogP contribution in [0.2, 0.25) is 10.0 Å². The van der Waals surface area contributed by atoms with Crippen LogP contribution in [0.1, 0.15) is 10.4 Å². The second-order valence-electron chi connectivity index (χ2n) is 2.56. The molecule has 0 aromatic heterocycles. The second kappa shape index (κ2) is 4.92. The van der Waals surface area contributed by atoms with E-state index in [2.05, 4.69) is 0 Å². The Kier molecular flexibility index (Phi) is 4.08. The Morgan fingerprint density at radius 1 is 1.13 bits per heavy atom. The molecule has 3 nitrogen and oxygen atoms in total. The van der Waals surface area contributed by atoms with Gasteiger partial charge in [0.15, 0.2) is 0 Å². The van der Waals surface area contributed by atoms with Crippen molar-refractivity contribution < 1.29 is 14.3 Å². The van der Waals surface area contributed by atoms with Crippen LogP contribution in [-0.4, -0.2) is 19.5 Å². The van der Waals surface area contributed by atoms with Crippen molar-refractivity contribution in [1.29, 1.82) is 0 Å². The Morgan fingerprint density at radius 2 is 1.53 bits per heavy atom. The largest absolute Gasteiger partial charge is 0.495 e. The van der Waals surface area contributed by atoms with Crippen molar-refractivity contribution in [2.75, 3.05) is 14.2 Å². The Labute approximate surface area is 102 Å². The van der Waals surface area contributed by atoms with Crippen LogP contribution in [0.5, 0.6) is 11.5 Å². The van der Waals surface area contributed by atoms with E-state index in [1.54, 1.807) is 0 Å². The minimum atomic E-state index is -0.762. The molecule has 0 saturated carbocycles. The van der Waals surface area contributed by atoms with Gasteiger partial charge in [0.1, 0.15) is 11.5 Å². The highest BCUT2D eigenvalue weighted by atomic mass is 35.5. The molecule has 82 valence electrons. The average Bonchev–Trinajstić information content (AvgIpc) is 2.18. The van der Waals surface area contributed by atoms with Gasteiger partial charge >= 0.3 is 0 Å². The smallest absolute Gasteiger partial charge is 0.255 e. The highest BCUT2D eigenvalue weighted by Crippen LogP contribution is 2.40. The lowest BCUT2D eigenvalue weighted by Crippen LogP contribution is -1.98. The van der Waals surface area contributed by atoms with Gasteiger partial charge < -0.3 is 9.47 Å². The van der Waals surface area contributed by atoms with E-state index in [-0.39, 0.29) is 27.1 Å². The van der Waals surface area contributed by atoms with Gasteiger partial charge in [-0.05, 0) is 11.6 Å². The minimum Gasteiger partial charge on any atom is -0.495 e. The summed E-state index contributed by atoms with van der Waals surface area (Å²) in [6.45, 7) is 0. The first-order chi connectivity index (χ1) is 7.02.